The van der Waals surface area contributed by atoms with Crippen LogP contribution in [0.4, 0.5) is 0 Å². The van der Waals surface area contributed by atoms with E-state index < -0.39 is 0 Å². The maximum atomic E-state index is 12.5. The van der Waals surface area contributed by atoms with Gasteiger partial charge in [-0.05, 0) is 30.0 Å². The first-order valence-electron chi connectivity index (χ1n) is 9.99. The van der Waals surface area contributed by atoms with E-state index in [2.05, 4.69) is 39.0 Å². The lowest BCUT2D eigenvalue weighted by atomic mass is 10.1. The molecule has 1 aromatic carbocycles. The van der Waals surface area contributed by atoms with Crippen LogP contribution in [-0.4, -0.2) is 23.2 Å². The Morgan fingerprint density at radius 3 is 2.63 bits per heavy atom. The summed E-state index contributed by atoms with van der Waals surface area (Å²) in [5.41, 5.74) is 2.36. The third kappa shape index (κ3) is 5.01. The van der Waals surface area contributed by atoms with Crippen LogP contribution in [0.2, 0.25) is 0 Å². The summed E-state index contributed by atoms with van der Waals surface area (Å²) in [6.45, 7) is 7.32. The zero-order valence-electron chi connectivity index (χ0n) is 16.7. The van der Waals surface area contributed by atoms with Crippen molar-refractivity contribution in [1.82, 2.24) is 4.57 Å². The molecule has 1 fully saturated rings. The zero-order chi connectivity index (χ0) is 19.3. The van der Waals surface area contributed by atoms with Crippen molar-refractivity contribution in [3.05, 3.63) is 59.9 Å². The third-order valence-corrected chi connectivity index (χ3v) is 5.45. The summed E-state index contributed by atoms with van der Waals surface area (Å²) < 4.78 is 13.4. The highest BCUT2D eigenvalue weighted by Gasteiger charge is 2.64. The zero-order valence-corrected chi connectivity index (χ0v) is 16.7. The molecule has 4 heteroatoms. The Morgan fingerprint density at radius 1 is 1.11 bits per heavy atom. The Bertz CT molecular complexity index is 735. The smallest absolute Gasteiger partial charge is 0.313 e. The SMILES string of the molecule is CCCCCOC1C(C(=O)OCn2ccc(Cc3ccccc3)c2)C1(C)C. The van der Waals surface area contributed by atoms with Crippen LogP contribution in [0.1, 0.15) is 51.2 Å². The molecule has 0 aliphatic heterocycles. The Morgan fingerprint density at radius 2 is 1.89 bits per heavy atom. The summed E-state index contributed by atoms with van der Waals surface area (Å²) in [6.07, 6.45) is 8.26. The summed E-state index contributed by atoms with van der Waals surface area (Å²) in [6, 6.07) is 12.4. The van der Waals surface area contributed by atoms with Crippen LogP contribution in [0.25, 0.3) is 0 Å². The van der Waals surface area contributed by atoms with E-state index >= 15 is 0 Å². The molecule has 4 nitrogen and oxygen atoms in total. The van der Waals surface area contributed by atoms with E-state index in [1.165, 1.54) is 24.0 Å². The topological polar surface area (TPSA) is 40.5 Å². The van der Waals surface area contributed by atoms with Gasteiger partial charge in [0.1, 0.15) is 0 Å². The van der Waals surface area contributed by atoms with Crippen molar-refractivity contribution in [2.75, 3.05) is 6.61 Å². The van der Waals surface area contributed by atoms with Crippen molar-refractivity contribution in [3.63, 3.8) is 0 Å². The van der Waals surface area contributed by atoms with Gasteiger partial charge in [0.25, 0.3) is 0 Å². The maximum absolute atomic E-state index is 12.5. The van der Waals surface area contributed by atoms with E-state index in [4.69, 9.17) is 9.47 Å². The minimum absolute atomic E-state index is 0.0137. The first-order chi connectivity index (χ1) is 13.0. The van der Waals surface area contributed by atoms with E-state index in [0.29, 0.717) is 0 Å². The largest absolute Gasteiger partial charge is 0.444 e. The number of hydrogen-bond acceptors (Lipinski definition) is 3. The van der Waals surface area contributed by atoms with Crippen LogP contribution in [0.5, 0.6) is 0 Å². The summed E-state index contributed by atoms with van der Waals surface area (Å²) in [7, 11) is 0. The molecule has 27 heavy (non-hydrogen) atoms. The van der Waals surface area contributed by atoms with Crippen molar-refractivity contribution in [3.8, 4) is 0 Å². The summed E-state index contributed by atoms with van der Waals surface area (Å²) in [4.78, 5) is 12.5. The van der Waals surface area contributed by atoms with E-state index in [9.17, 15) is 4.79 Å². The number of carbonyl (C=O) groups is 1. The van der Waals surface area contributed by atoms with Gasteiger partial charge in [0.2, 0.25) is 0 Å². The monoisotopic (exact) mass is 369 g/mol. The number of nitrogens with zero attached hydrogens (tertiary/aromatic N) is 1. The highest BCUT2D eigenvalue weighted by molar-refractivity contribution is 5.78. The summed E-state index contributed by atoms with van der Waals surface area (Å²) >= 11 is 0. The molecule has 1 aliphatic carbocycles. The minimum Gasteiger partial charge on any atom is -0.444 e. The highest BCUT2D eigenvalue weighted by Crippen LogP contribution is 2.54. The molecule has 2 aromatic rings. The highest BCUT2D eigenvalue weighted by atomic mass is 16.6. The van der Waals surface area contributed by atoms with Crippen molar-refractivity contribution in [2.24, 2.45) is 11.3 Å². The average Bonchev–Trinajstić information content (AvgIpc) is 2.98. The van der Waals surface area contributed by atoms with Crippen LogP contribution in [-0.2, 0) is 27.4 Å². The fourth-order valence-corrected chi connectivity index (χ4v) is 3.63. The third-order valence-electron chi connectivity index (χ3n) is 5.45. The predicted octanol–water partition coefficient (Wildman–Crippen LogP) is 4.81. The normalized spacial score (nSPS) is 20.4. The second-order valence-electron chi connectivity index (χ2n) is 8.09. The number of ether oxygens (including phenoxy) is 2. The number of rotatable bonds is 10. The fourth-order valence-electron chi connectivity index (χ4n) is 3.63. The standard InChI is InChI=1S/C23H31NO3/c1-4-5-9-14-26-21-20(23(21,2)3)22(25)27-17-24-13-12-19(16-24)15-18-10-7-6-8-11-18/h6-8,10-13,16,20-21H,4-5,9,14-15,17H2,1-3H3. The quantitative estimate of drug-likeness (QED) is 0.446. The Balaban J connectivity index is 1.45. The van der Waals surface area contributed by atoms with E-state index in [1.807, 2.05) is 35.2 Å². The van der Waals surface area contributed by atoms with Gasteiger partial charge < -0.3 is 14.0 Å². The van der Waals surface area contributed by atoms with E-state index in [0.717, 1.165) is 19.4 Å². The van der Waals surface area contributed by atoms with Gasteiger partial charge in [-0.3, -0.25) is 4.79 Å². The second-order valence-corrected chi connectivity index (χ2v) is 8.09. The lowest BCUT2D eigenvalue weighted by Crippen LogP contribution is -2.14. The van der Waals surface area contributed by atoms with Gasteiger partial charge in [-0.1, -0.05) is 63.9 Å². The molecule has 0 amide bonds. The number of hydrogen-bond donors (Lipinski definition) is 0. The molecular formula is C23H31NO3. The molecule has 0 spiro atoms. The molecule has 0 bridgehead atoms. The van der Waals surface area contributed by atoms with Crippen LogP contribution in [0.15, 0.2) is 48.8 Å². The molecule has 1 aromatic heterocycles. The van der Waals surface area contributed by atoms with Gasteiger partial charge in [-0.2, -0.15) is 0 Å². The van der Waals surface area contributed by atoms with Crippen LogP contribution in [0, 0.1) is 11.3 Å². The van der Waals surface area contributed by atoms with Crippen LogP contribution in [0.3, 0.4) is 0 Å². The van der Waals surface area contributed by atoms with Gasteiger partial charge in [0.15, 0.2) is 6.73 Å². The van der Waals surface area contributed by atoms with Gasteiger partial charge in [-0.25, -0.2) is 0 Å². The number of esters is 1. The molecule has 2 unspecified atom stereocenters. The average molecular weight is 370 g/mol. The van der Waals surface area contributed by atoms with Gasteiger partial charge >= 0.3 is 5.97 Å². The van der Waals surface area contributed by atoms with Crippen molar-refractivity contribution in [1.29, 1.82) is 0 Å². The van der Waals surface area contributed by atoms with Crippen LogP contribution >= 0.6 is 0 Å². The molecule has 3 rings (SSSR count). The van der Waals surface area contributed by atoms with E-state index in [1.54, 1.807) is 0 Å². The summed E-state index contributed by atoms with van der Waals surface area (Å²) in [5, 5.41) is 0. The Labute approximate surface area is 162 Å². The summed E-state index contributed by atoms with van der Waals surface area (Å²) in [5.74, 6) is -0.308. The number of unbranched alkanes of at least 4 members (excludes halogenated alkanes) is 2. The van der Waals surface area contributed by atoms with E-state index in [-0.39, 0.29) is 30.1 Å². The fraction of sp³-hybridized carbons (Fsp3) is 0.522. The molecule has 146 valence electrons. The van der Waals surface area contributed by atoms with Crippen LogP contribution < -0.4 is 0 Å². The molecule has 1 aliphatic rings. The lowest BCUT2D eigenvalue weighted by Gasteiger charge is -2.06. The van der Waals surface area contributed by atoms with Gasteiger partial charge in [0, 0.05) is 24.4 Å². The number of carbonyl (C=O) groups excluding carboxylic acids is 1. The molecule has 1 saturated carbocycles. The Kier molecular flexibility index (Phi) is 6.38. The number of aromatic nitrogens is 1. The molecule has 1 heterocycles. The molecule has 0 radical (unpaired) electrons. The van der Waals surface area contributed by atoms with Crippen molar-refractivity contribution < 1.29 is 14.3 Å². The number of benzene rings is 1. The van der Waals surface area contributed by atoms with Crippen molar-refractivity contribution >= 4 is 5.97 Å². The molecule has 2 atom stereocenters. The Hall–Kier alpha value is -2.07. The van der Waals surface area contributed by atoms with Gasteiger partial charge in [-0.15, -0.1) is 0 Å². The first kappa shape index (κ1) is 19.7. The first-order valence-corrected chi connectivity index (χ1v) is 9.99. The lowest BCUT2D eigenvalue weighted by molar-refractivity contribution is -0.150. The second kappa shape index (κ2) is 8.75. The molecular weight excluding hydrogens is 338 g/mol. The van der Waals surface area contributed by atoms with Gasteiger partial charge in [0.05, 0.1) is 12.0 Å². The van der Waals surface area contributed by atoms with Crippen molar-refractivity contribution in [2.45, 2.75) is 59.3 Å². The maximum Gasteiger partial charge on any atom is 0.313 e. The molecule has 0 saturated heterocycles. The molecule has 0 N–H and O–H groups in total. The minimum atomic E-state index is -0.154. The predicted molar refractivity (Wildman–Crippen MR) is 106 cm³/mol.